The zero-order valence-electron chi connectivity index (χ0n) is 13.1. The maximum atomic E-state index is 14.2. The van der Waals surface area contributed by atoms with Crippen molar-refractivity contribution in [1.29, 1.82) is 0 Å². The molecule has 2 aliphatic rings. The average Bonchev–Trinajstić information content (AvgIpc) is 2.76. The zero-order valence-corrected chi connectivity index (χ0v) is 13.1. The van der Waals surface area contributed by atoms with Crippen LogP contribution < -0.4 is 4.74 Å². The molecule has 116 valence electrons. The first-order valence-corrected chi connectivity index (χ1v) is 8.31. The molecule has 2 heterocycles. The summed E-state index contributed by atoms with van der Waals surface area (Å²) in [6, 6.07) is 6.43. The molecular weight excluding hydrogens is 265 g/mol. The molecule has 0 N–H and O–H groups in total. The molecule has 3 atom stereocenters. The van der Waals surface area contributed by atoms with Crippen LogP contribution in [-0.2, 0) is 6.54 Å². The van der Waals surface area contributed by atoms with E-state index in [1.54, 1.807) is 19.2 Å². The van der Waals surface area contributed by atoms with E-state index in [2.05, 4.69) is 11.8 Å². The highest BCUT2D eigenvalue weighted by Gasteiger charge is 2.42. The Kier molecular flexibility index (Phi) is 4.48. The number of ether oxygens (including phenoxy) is 1. The van der Waals surface area contributed by atoms with Gasteiger partial charge in [0.05, 0.1) is 7.11 Å². The SMILES string of the molecule is CCC[C@@H]1CCC2CCC1N2Cc1c(F)cccc1OC. The molecule has 0 amide bonds. The topological polar surface area (TPSA) is 12.5 Å². The van der Waals surface area contributed by atoms with E-state index in [0.29, 0.717) is 24.4 Å². The smallest absolute Gasteiger partial charge is 0.131 e. The van der Waals surface area contributed by atoms with Crippen molar-refractivity contribution in [3.05, 3.63) is 29.6 Å². The Balaban J connectivity index is 1.81. The van der Waals surface area contributed by atoms with Crippen LogP contribution in [0.4, 0.5) is 4.39 Å². The number of halogens is 1. The standard InChI is InChI=1S/C18H26FNO/c1-3-5-13-8-9-14-10-11-17(13)20(14)12-15-16(19)6-4-7-18(15)21-2/h4,6-7,13-14,17H,3,5,8-12H2,1-2H3/t13-,14?,17?/m1/s1. The van der Waals surface area contributed by atoms with Crippen LogP contribution in [0.3, 0.4) is 0 Å². The van der Waals surface area contributed by atoms with Crippen molar-refractivity contribution in [2.75, 3.05) is 7.11 Å². The fourth-order valence-electron chi connectivity index (χ4n) is 4.40. The molecule has 1 aromatic carbocycles. The van der Waals surface area contributed by atoms with Crippen molar-refractivity contribution in [2.24, 2.45) is 5.92 Å². The first-order valence-electron chi connectivity index (χ1n) is 8.31. The summed E-state index contributed by atoms with van der Waals surface area (Å²) >= 11 is 0. The molecule has 1 aromatic rings. The van der Waals surface area contributed by atoms with Gasteiger partial charge >= 0.3 is 0 Å². The van der Waals surface area contributed by atoms with Crippen LogP contribution in [0.15, 0.2) is 18.2 Å². The molecule has 2 bridgehead atoms. The van der Waals surface area contributed by atoms with Gasteiger partial charge in [0, 0.05) is 24.2 Å². The molecule has 21 heavy (non-hydrogen) atoms. The average molecular weight is 291 g/mol. The number of piperidine rings is 1. The fourth-order valence-corrected chi connectivity index (χ4v) is 4.40. The number of hydrogen-bond acceptors (Lipinski definition) is 2. The van der Waals surface area contributed by atoms with Gasteiger partial charge in [-0.2, -0.15) is 0 Å². The van der Waals surface area contributed by atoms with Crippen molar-refractivity contribution >= 4 is 0 Å². The largest absolute Gasteiger partial charge is 0.496 e. The van der Waals surface area contributed by atoms with Gasteiger partial charge in [0.1, 0.15) is 11.6 Å². The molecule has 3 heteroatoms. The molecule has 2 aliphatic heterocycles. The van der Waals surface area contributed by atoms with E-state index >= 15 is 0 Å². The Labute approximate surface area is 127 Å². The monoisotopic (exact) mass is 291 g/mol. The second-order valence-electron chi connectivity index (χ2n) is 6.52. The predicted molar refractivity (Wildman–Crippen MR) is 82.9 cm³/mol. The third-order valence-electron chi connectivity index (χ3n) is 5.40. The van der Waals surface area contributed by atoms with Crippen LogP contribution in [-0.4, -0.2) is 24.1 Å². The highest BCUT2D eigenvalue weighted by molar-refractivity contribution is 5.34. The van der Waals surface area contributed by atoms with E-state index in [1.807, 2.05) is 6.07 Å². The van der Waals surface area contributed by atoms with Gasteiger partial charge < -0.3 is 4.74 Å². The van der Waals surface area contributed by atoms with E-state index in [0.717, 1.165) is 11.5 Å². The first kappa shape index (κ1) is 14.8. The van der Waals surface area contributed by atoms with Crippen molar-refractivity contribution < 1.29 is 9.13 Å². The molecule has 0 saturated carbocycles. The third kappa shape index (κ3) is 2.80. The number of fused-ring (bicyclic) bond motifs is 2. The minimum Gasteiger partial charge on any atom is -0.496 e. The molecular formula is C18H26FNO. The molecule has 0 spiro atoms. The summed E-state index contributed by atoms with van der Waals surface area (Å²) in [6.45, 7) is 2.97. The number of rotatable bonds is 5. The van der Waals surface area contributed by atoms with Gasteiger partial charge in [-0.1, -0.05) is 19.4 Å². The quantitative estimate of drug-likeness (QED) is 0.798. The fraction of sp³-hybridized carbons (Fsp3) is 0.667. The normalized spacial score (nSPS) is 28.8. The molecule has 0 radical (unpaired) electrons. The number of methoxy groups -OCH3 is 1. The Bertz CT molecular complexity index is 490. The maximum absolute atomic E-state index is 14.2. The Hall–Kier alpha value is -1.09. The summed E-state index contributed by atoms with van der Waals surface area (Å²) in [6.07, 6.45) is 7.75. The lowest BCUT2D eigenvalue weighted by Crippen LogP contribution is -2.44. The Morgan fingerprint density at radius 3 is 2.81 bits per heavy atom. The maximum Gasteiger partial charge on any atom is 0.131 e. The number of nitrogens with zero attached hydrogens (tertiary/aromatic N) is 1. The predicted octanol–water partition coefficient (Wildman–Crippen LogP) is 4.38. The Morgan fingerprint density at radius 1 is 1.24 bits per heavy atom. The van der Waals surface area contributed by atoms with Crippen molar-refractivity contribution in [1.82, 2.24) is 4.90 Å². The van der Waals surface area contributed by atoms with Crippen LogP contribution in [0.5, 0.6) is 5.75 Å². The number of benzene rings is 1. The summed E-state index contributed by atoms with van der Waals surface area (Å²) in [5.74, 6) is 1.35. The summed E-state index contributed by atoms with van der Waals surface area (Å²) < 4.78 is 19.6. The molecule has 0 aliphatic carbocycles. The molecule has 2 saturated heterocycles. The highest BCUT2D eigenvalue weighted by Crippen LogP contribution is 2.42. The minimum absolute atomic E-state index is 0.133. The van der Waals surface area contributed by atoms with Crippen LogP contribution >= 0.6 is 0 Å². The van der Waals surface area contributed by atoms with Gasteiger partial charge in [0.15, 0.2) is 0 Å². The summed E-state index contributed by atoms with van der Waals surface area (Å²) in [4.78, 5) is 2.56. The van der Waals surface area contributed by atoms with E-state index in [1.165, 1.54) is 38.5 Å². The lowest BCUT2D eigenvalue weighted by atomic mass is 9.86. The van der Waals surface area contributed by atoms with E-state index in [4.69, 9.17) is 4.74 Å². The first-order chi connectivity index (χ1) is 10.2. The van der Waals surface area contributed by atoms with Crippen LogP contribution in [0.25, 0.3) is 0 Å². The van der Waals surface area contributed by atoms with E-state index in [9.17, 15) is 4.39 Å². The van der Waals surface area contributed by atoms with Gasteiger partial charge in [0.2, 0.25) is 0 Å². The second-order valence-corrected chi connectivity index (χ2v) is 6.52. The van der Waals surface area contributed by atoms with Crippen LogP contribution in [0.1, 0.15) is 51.0 Å². The van der Waals surface area contributed by atoms with Crippen molar-refractivity contribution in [3.63, 3.8) is 0 Å². The summed E-state index contributed by atoms with van der Waals surface area (Å²) in [5, 5.41) is 0. The molecule has 3 rings (SSSR count). The molecule has 2 nitrogen and oxygen atoms in total. The van der Waals surface area contributed by atoms with Gasteiger partial charge in [-0.25, -0.2) is 4.39 Å². The van der Waals surface area contributed by atoms with Crippen molar-refractivity contribution in [2.45, 2.75) is 64.1 Å². The molecule has 2 unspecified atom stereocenters. The van der Waals surface area contributed by atoms with Gasteiger partial charge in [-0.15, -0.1) is 0 Å². The van der Waals surface area contributed by atoms with Crippen LogP contribution in [0.2, 0.25) is 0 Å². The Morgan fingerprint density at radius 2 is 2.05 bits per heavy atom. The number of hydrogen-bond donors (Lipinski definition) is 0. The lowest BCUT2D eigenvalue weighted by Gasteiger charge is -2.40. The summed E-state index contributed by atoms with van der Waals surface area (Å²) in [7, 11) is 1.63. The van der Waals surface area contributed by atoms with Gasteiger partial charge in [-0.3, -0.25) is 4.90 Å². The van der Waals surface area contributed by atoms with Gasteiger partial charge in [-0.05, 0) is 50.2 Å². The molecule has 0 aromatic heterocycles. The minimum atomic E-state index is -0.133. The van der Waals surface area contributed by atoms with E-state index < -0.39 is 0 Å². The highest BCUT2D eigenvalue weighted by atomic mass is 19.1. The lowest BCUT2D eigenvalue weighted by molar-refractivity contribution is 0.0771. The summed E-state index contributed by atoms with van der Waals surface area (Å²) in [5.41, 5.74) is 0.731. The van der Waals surface area contributed by atoms with Gasteiger partial charge in [0.25, 0.3) is 0 Å². The zero-order chi connectivity index (χ0) is 14.8. The van der Waals surface area contributed by atoms with Crippen molar-refractivity contribution in [3.8, 4) is 5.75 Å². The third-order valence-corrected chi connectivity index (χ3v) is 5.40. The van der Waals surface area contributed by atoms with E-state index in [-0.39, 0.29) is 5.82 Å². The second kappa shape index (κ2) is 6.35. The van der Waals surface area contributed by atoms with Crippen LogP contribution in [0, 0.1) is 11.7 Å². The molecule has 2 fully saturated rings.